The Morgan fingerprint density at radius 1 is 1.08 bits per heavy atom. The predicted octanol–water partition coefficient (Wildman–Crippen LogP) is 5.09. The Bertz CT molecular complexity index is 939. The van der Waals surface area contributed by atoms with Gasteiger partial charge in [0, 0.05) is 24.1 Å². The molecule has 0 radical (unpaired) electrons. The maximum atomic E-state index is 14.6. The smallest absolute Gasteiger partial charge is 0.337 e. The predicted molar refractivity (Wildman–Crippen MR) is 92.2 cm³/mol. The topological polar surface area (TPSA) is 35.5 Å². The van der Waals surface area contributed by atoms with Crippen LogP contribution in [0.2, 0.25) is 0 Å². The lowest BCUT2D eigenvalue weighted by atomic mass is 9.94. The second kappa shape index (κ2) is 6.89. The maximum Gasteiger partial charge on any atom is 0.337 e. The number of hydrogen-bond acceptors (Lipinski definition) is 3. The van der Waals surface area contributed by atoms with Crippen LogP contribution in [0.1, 0.15) is 22.3 Å². The number of halogens is 2. The number of fused-ring (bicyclic) bond motifs is 1. The number of rotatable bonds is 3. The number of benzene rings is 2. The molecule has 0 amide bonds. The van der Waals surface area contributed by atoms with Crippen LogP contribution in [0.15, 0.2) is 66.0 Å². The molecule has 25 heavy (non-hydrogen) atoms. The zero-order valence-corrected chi connectivity index (χ0v) is 13.8. The Labute approximate surface area is 143 Å². The highest BCUT2D eigenvalue weighted by molar-refractivity contribution is 6.00. The van der Waals surface area contributed by atoms with Gasteiger partial charge in [-0.1, -0.05) is 24.3 Å². The third-order valence-corrected chi connectivity index (χ3v) is 4.09. The summed E-state index contributed by atoms with van der Waals surface area (Å²) in [6.45, 7) is 0. The van der Waals surface area contributed by atoms with E-state index in [1.54, 1.807) is 30.3 Å². The van der Waals surface area contributed by atoms with Crippen molar-refractivity contribution in [3.63, 3.8) is 0 Å². The van der Waals surface area contributed by atoms with Crippen molar-refractivity contribution < 1.29 is 23.0 Å². The largest absolute Gasteiger partial charge is 0.501 e. The average Bonchev–Trinajstić information content (AvgIpc) is 2.77. The summed E-state index contributed by atoms with van der Waals surface area (Å²) in [5, 5.41) is 1.52. The van der Waals surface area contributed by atoms with Gasteiger partial charge in [0.1, 0.15) is 17.4 Å². The summed E-state index contributed by atoms with van der Waals surface area (Å²) in [5.74, 6) is -1.54. The van der Waals surface area contributed by atoms with Crippen LogP contribution < -0.4 is 0 Å². The normalized spacial score (nSPS) is 14.7. The molecule has 0 aromatic heterocycles. The Kier molecular flexibility index (Phi) is 4.65. The van der Waals surface area contributed by atoms with E-state index < -0.39 is 17.6 Å². The molecular formula is C20H16F2O3. The van der Waals surface area contributed by atoms with Crippen molar-refractivity contribution in [1.29, 1.82) is 0 Å². The average molecular weight is 342 g/mol. The minimum absolute atomic E-state index is 0.105. The molecule has 0 unspecified atom stereocenters. The van der Waals surface area contributed by atoms with Gasteiger partial charge in [0.2, 0.25) is 0 Å². The maximum absolute atomic E-state index is 14.6. The van der Waals surface area contributed by atoms with Crippen molar-refractivity contribution in [3.05, 3.63) is 77.1 Å². The summed E-state index contributed by atoms with van der Waals surface area (Å²) in [4.78, 5) is 11.8. The fourth-order valence-corrected chi connectivity index (χ4v) is 2.85. The molecule has 0 saturated heterocycles. The van der Waals surface area contributed by atoms with Crippen LogP contribution in [0, 0.1) is 0 Å². The van der Waals surface area contributed by atoms with Crippen LogP contribution in [0.3, 0.4) is 0 Å². The molecule has 2 aromatic carbocycles. The van der Waals surface area contributed by atoms with Crippen molar-refractivity contribution in [2.24, 2.45) is 0 Å². The first-order chi connectivity index (χ1) is 12.0. The SMILES string of the molecule is COC(=O)c1ccc2cccc(C3=C(F)C=C(F)C=C(OC)C3)c2c1. The Balaban J connectivity index is 2.22. The molecule has 0 saturated carbocycles. The van der Waals surface area contributed by atoms with Crippen LogP contribution in [0.25, 0.3) is 16.3 Å². The van der Waals surface area contributed by atoms with E-state index in [4.69, 9.17) is 9.47 Å². The van der Waals surface area contributed by atoms with Crippen molar-refractivity contribution in [2.75, 3.05) is 14.2 Å². The van der Waals surface area contributed by atoms with Gasteiger partial charge in [-0.05, 0) is 28.5 Å². The summed E-state index contributed by atoms with van der Waals surface area (Å²) in [6.07, 6.45) is 2.11. The fourth-order valence-electron chi connectivity index (χ4n) is 2.85. The highest BCUT2D eigenvalue weighted by Crippen LogP contribution is 2.36. The second-order valence-corrected chi connectivity index (χ2v) is 5.58. The van der Waals surface area contributed by atoms with Crippen molar-refractivity contribution in [1.82, 2.24) is 0 Å². The second-order valence-electron chi connectivity index (χ2n) is 5.58. The van der Waals surface area contributed by atoms with Crippen LogP contribution in [-0.4, -0.2) is 20.2 Å². The van der Waals surface area contributed by atoms with Gasteiger partial charge in [0.15, 0.2) is 0 Å². The molecule has 0 bridgehead atoms. The summed E-state index contributed by atoms with van der Waals surface area (Å²) < 4.78 is 38.2. The van der Waals surface area contributed by atoms with Gasteiger partial charge in [0.05, 0.1) is 19.8 Å². The molecule has 1 aliphatic carbocycles. The number of allylic oxidation sites excluding steroid dienone is 5. The Morgan fingerprint density at radius 3 is 2.60 bits per heavy atom. The molecule has 2 aromatic rings. The van der Waals surface area contributed by atoms with Crippen LogP contribution in [0.5, 0.6) is 0 Å². The molecule has 0 fully saturated rings. The summed E-state index contributed by atoms with van der Waals surface area (Å²) in [6, 6.07) is 10.5. The number of carbonyl (C=O) groups excluding carboxylic acids is 1. The zero-order valence-electron chi connectivity index (χ0n) is 13.8. The van der Waals surface area contributed by atoms with E-state index in [1.165, 1.54) is 14.2 Å². The van der Waals surface area contributed by atoms with Crippen LogP contribution >= 0.6 is 0 Å². The number of methoxy groups -OCH3 is 2. The quantitative estimate of drug-likeness (QED) is 0.729. The highest BCUT2D eigenvalue weighted by Gasteiger charge is 2.18. The van der Waals surface area contributed by atoms with Crippen LogP contribution in [-0.2, 0) is 9.47 Å². The lowest BCUT2D eigenvalue weighted by molar-refractivity contribution is 0.0601. The van der Waals surface area contributed by atoms with Crippen molar-refractivity contribution in [3.8, 4) is 0 Å². The summed E-state index contributed by atoms with van der Waals surface area (Å²) in [5.41, 5.74) is 1.24. The van der Waals surface area contributed by atoms with Crippen LogP contribution in [0.4, 0.5) is 8.78 Å². The summed E-state index contributed by atoms with van der Waals surface area (Å²) in [7, 11) is 2.72. The van der Waals surface area contributed by atoms with Crippen molar-refractivity contribution >= 4 is 22.3 Å². The number of hydrogen-bond donors (Lipinski definition) is 0. The molecule has 3 nitrogen and oxygen atoms in total. The van der Waals surface area contributed by atoms with E-state index in [2.05, 4.69) is 0 Å². The summed E-state index contributed by atoms with van der Waals surface area (Å²) >= 11 is 0. The monoisotopic (exact) mass is 342 g/mol. The van der Waals surface area contributed by atoms with Gasteiger partial charge in [-0.15, -0.1) is 0 Å². The van der Waals surface area contributed by atoms with E-state index in [0.29, 0.717) is 27.8 Å². The highest BCUT2D eigenvalue weighted by atomic mass is 19.1. The molecule has 3 rings (SSSR count). The number of carbonyl (C=O) groups is 1. The molecule has 0 heterocycles. The van der Waals surface area contributed by atoms with E-state index in [0.717, 1.165) is 17.5 Å². The Hall–Kier alpha value is -2.95. The zero-order chi connectivity index (χ0) is 18.0. The number of ether oxygens (including phenoxy) is 2. The van der Waals surface area contributed by atoms with Crippen molar-refractivity contribution in [2.45, 2.75) is 6.42 Å². The molecule has 128 valence electrons. The minimum Gasteiger partial charge on any atom is -0.501 e. The molecule has 0 spiro atoms. The van der Waals surface area contributed by atoms with Gasteiger partial charge in [0.25, 0.3) is 0 Å². The van der Waals surface area contributed by atoms with E-state index in [-0.39, 0.29) is 6.42 Å². The van der Waals surface area contributed by atoms with Gasteiger partial charge in [-0.2, -0.15) is 0 Å². The lowest BCUT2D eigenvalue weighted by Crippen LogP contribution is -2.01. The van der Waals surface area contributed by atoms with Gasteiger partial charge in [-0.25, -0.2) is 13.6 Å². The first-order valence-electron chi connectivity index (χ1n) is 7.65. The first-order valence-corrected chi connectivity index (χ1v) is 7.65. The first kappa shape index (κ1) is 16.9. The fraction of sp³-hybridized carbons (Fsp3) is 0.150. The molecule has 0 N–H and O–H groups in total. The lowest BCUT2D eigenvalue weighted by Gasteiger charge is -2.13. The third kappa shape index (κ3) is 3.31. The molecule has 0 aliphatic heterocycles. The van der Waals surface area contributed by atoms with E-state index in [1.807, 2.05) is 6.07 Å². The van der Waals surface area contributed by atoms with E-state index >= 15 is 0 Å². The van der Waals surface area contributed by atoms with Gasteiger partial charge < -0.3 is 9.47 Å². The molecule has 0 atom stereocenters. The third-order valence-electron chi connectivity index (χ3n) is 4.09. The molecule has 5 heteroatoms. The van der Waals surface area contributed by atoms with E-state index in [9.17, 15) is 13.6 Å². The Morgan fingerprint density at radius 2 is 1.88 bits per heavy atom. The molecular weight excluding hydrogens is 326 g/mol. The van der Waals surface area contributed by atoms with Gasteiger partial charge in [-0.3, -0.25) is 0 Å². The van der Waals surface area contributed by atoms with Gasteiger partial charge >= 0.3 is 5.97 Å². The standard InChI is InChI=1S/C20H16F2O3/c1-24-15-9-14(21)10-19(22)18(11-15)16-5-3-4-12-6-7-13(8-17(12)16)20(23)25-2/h3-10H,11H2,1-2H3. The number of esters is 1. The minimum atomic E-state index is -0.708. The molecule has 1 aliphatic rings.